The summed E-state index contributed by atoms with van der Waals surface area (Å²) in [6.45, 7) is 1.94. The minimum atomic E-state index is 0.376. The summed E-state index contributed by atoms with van der Waals surface area (Å²) in [5.74, 6) is 1.57. The van der Waals surface area contributed by atoms with Crippen LogP contribution in [0.15, 0.2) is 41.2 Å². The van der Waals surface area contributed by atoms with Crippen molar-refractivity contribution in [2.24, 2.45) is 0 Å². The van der Waals surface area contributed by atoms with Gasteiger partial charge in [0.25, 0.3) is 5.89 Å². The van der Waals surface area contributed by atoms with Crippen LogP contribution in [0.2, 0.25) is 0 Å². The van der Waals surface area contributed by atoms with Crippen LogP contribution < -0.4 is 10.5 Å². The van der Waals surface area contributed by atoms with E-state index >= 15 is 0 Å². The van der Waals surface area contributed by atoms with Crippen LogP contribution >= 0.6 is 0 Å². The highest BCUT2D eigenvalue weighted by molar-refractivity contribution is 5.73. The number of nitrogens with two attached hydrogens (primary N) is 1. The monoisotopic (exact) mass is 282 g/mol. The first-order valence-corrected chi connectivity index (χ1v) is 6.37. The fourth-order valence-electron chi connectivity index (χ4n) is 2.03. The van der Waals surface area contributed by atoms with Crippen molar-refractivity contribution in [2.45, 2.75) is 6.92 Å². The molecule has 0 radical (unpaired) electrons. The van der Waals surface area contributed by atoms with Crippen molar-refractivity contribution in [3.8, 4) is 28.6 Å². The van der Waals surface area contributed by atoms with E-state index in [9.17, 15) is 0 Å². The molecular weight excluding hydrogens is 268 g/mol. The Hall–Kier alpha value is -2.89. The molecule has 0 atom stereocenters. The molecule has 0 saturated carbocycles. The van der Waals surface area contributed by atoms with Gasteiger partial charge in [0.1, 0.15) is 5.75 Å². The Morgan fingerprint density at radius 2 is 2.05 bits per heavy atom. The van der Waals surface area contributed by atoms with E-state index in [-0.39, 0.29) is 0 Å². The largest absolute Gasteiger partial charge is 0.497 e. The maximum Gasteiger partial charge on any atom is 0.260 e. The lowest BCUT2D eigenvalue weighted by Crippen LogP contribution is -1.92. The molecule has 106 valence electrons. The predicted octanol–water partition coefficient (Wildman–Crippen LogP) is 2.70. The zero-order valence-electron chi connectivity index (χ0n) is 11.7. The first-order chi connectivity index (χ1) is 10.2. The van der Waals surface area contributed by atoms with Gasteiger partial charge < -0.3 is 15.0 Å². The molecule has 0 bridgehead atoms. The lowest BCUT2D eigenvalue weighted by atomic mass is 10.1. The third-order valence-corrected chi connectivity index (χ3v) is 3.18. The van der Waals surface area contributed by atoms with E-state index in [0.29, 0.717) is 28.7 Å². The molecule has 0 unspecified atom stereocenters. The number of pyridine rings is 1. The summed E-state index contributed by atoms with van der Waals surface area (Å²) < 4.78 is 10.4. The number of anilines is 1. The van der Waals surface area contributed by atoms with Gasteiger partial charge in [-0.25, -0.2) is 0 Å². The first kappa shape index (κ1) is 13.1. The van der Waals surface area contributed by atoms with E-state index in [1.54, 1.807) is 37.7 Å². The molecule has 0 aliphatic heterocycles. The van der Waals surface area contributed by atoms with Gasteiger partial charge in [0, 0.05) is 29.7 Å². The van der Waals surface area contributed by atoms with Crippen LogP contribution in [-0.2, 0) is 0 Å². The molecule has 2 N–H and O–H groups in total. The normalized spacial score (nSPS) is 10.6. The van der Waals surface area contributed by atoms with E-state index in [4.69, 9.17) is 15.0 Å². The number of rotatable bonds is 3. The van der Waals surface area contributed by atoms with Crippen molar-refractivity contribution in [1.82, 2.24) is 15.1 Å². The number of methoxy groups -OCH3 is 1. The molecule has 21 heavy (non-hydrogen) atoms. The summed E-state index contributed by atoms with van der Waals surface area (Å²) in [6.07, 6.45) is 3.45. The van der Waals surface area contributed by atoms with Gasteiger partial charge in [-0.1, -0.05) is 5.16 Å². The fraction of sp³-hybridized carbons (Fsp3) is 0.133. The number of ether oxygens (including phenoxy) is 1. The molecule has 3 aromatic rings. The topological polar surface area (TPSA) is 87.1 Å². The van der Waals surface area contributed by atoms with E-state index in [2.05, 4.69) is 15.1 Å². The molecule has 6 nitrogen and oxygen atoms in total. The molecule has 0 spiro atoms. The van der Waals surface area contributed by atoms with Gasteiger partial charge in [0.15, 0.2) is 0 Å². The molecule has 2 heterocycles. The van der Waals surface area contributed by atoms with Gasteiger partial charge in [-0.05, 0) is 30.7 Å². The Kier molecular flexibility index (Phi) is 3.27. The summed E-state index contributed by atoms with van der Waals surface area (Å²) in [5.41, 5.74) is 9.06. The van der Waals surface area contributed by atoms with E-state index in [1.165, 1.54) is 0 Å². The molecule has 0 aliphatic rings. The molecule has 0 fully saturated rings. The summed E-state index contributed by atoms with van der Waals surface area (Å²) in [7, 11) is 1.59. The average molecular weight is 282 g/mol. The number of nitrogen functional groups attached to an aromatic ring is 1. The standard InChI is InChI=1S/C15H14N4O2/c1-9-8-17-6-5-11(9)14-18-15(21-19-14)12-4-3-10(20-2)7-13(12)16/h3-8H,16H2,1-2H3. The van der Waals surface area contributed by atoms with Gasteiger partial charge in [-0.15, -0.1) is 0 Å². The van der Waals surface area contributed by atoms with Gasteiger partial charge in [0.2, 0.25) is 5.82 Å². The van der Waals surface area contributed by atoms with Crippen molar-refractivity contribution < 1.29 is 9.26 Å². The van der Waals surface area contributed by atoms with E-state index in [0.717, 1.165) is 11.1 Å². The number of aryl methyl sites for hydroxylation is 1. The van der Waals surface area contributed by atoms with Gasteiger partial charge >= 0.3 is 0 Å². The Morgan fingerprint density at radius 1 is 1.19 bits per heavy atom. The van der Waals surface area contributed by atoms with Crippen molar-refractivity contribution in [3.05, 3.63) is 42.2 Å². The molecular formula is C15H14N4O2. The molecule has 0 amide bonds. The number of benzene rings is 1. The Balaban J connectivity index is 2.01. The second-order valence-electron chi connectivity index (χ2n) is 4.57. The van der Waals surface area contributed by atoms with Crippen molar-refractivity contribution in [2.75, 3.05) is 12.8 Å². The maximum absolute atomic E-state index is 5.99. The minimum absolute atomic E-state index is 0.376. The van der Waals surface area contributed by atoms with Crippen LogP contribution in [0.4, 0.5) is 5.69 Å². The quantitative estimate of drug-likeness (QED) is 0.743. The molecule has 6 heteroatoms. The van der Waals surface area contributed by atoms with Crippen molar-refractivity contribution in [1.29, 1.82) is 0 Å². The van der Waals surface area contributed by atoms with Crippen LogP contribution in [0.5, 0.6) is 5.75 Å². The molecule has 2 aromatic heterocycles. The first-order valence-electron chi connectivity index (χ1n) is 6.37. The van der Waals surface area contributed by atoms with Crippen LogP contribution in [0.25, 0.3) is 22.8 Å². The second kappa shape index (κ2) is 5.24. The van der Waals surface area contributed by atoms with Crippen molar-refractivity contribution >= 4 is 5.69 Å². The third kappa shape index (κ3) is 2.43. The molecule has 0 saturated heterocycles. The summed E-state index contributed by atoms with van der Waals surface area (Å²) in [5, 5.41) is 4.01. The maximum atomic E-state index is 5.99. The van der Waals surface area contributed by atoms with Crippen LogP contribution in [0, 0.1) is 6.92 Å². The number of hydrogen-bond acceptors (Lipinski definition) is 6. The molecule has 3 rings (SSSR count). The van der Waals surface area contributed by atoms with Crippen LogP contribution in [0.3, 0.4) is 0 Å². The SMILES string of the molecule is COc1ccc(-c2nc(-c3ccncc3C)no2)c(N)c1. The number of hydrogen-bond donors (Lipinski definition) is 1. The van der Waals surface area contributed by atoms with Crippen molar-refractivity contribution in [3.63, 3.8) is 0 Å². The summed E-state index contributed by atoms with van der Waals surface area (Å²) in [4.78, 5) is 8.45. The number of aromatic nitrogens is 3. The average Bonchev–Trinajstić information content (AvgIpc) is 2.97. The van der Waals surface area contributed by atoms with Gasteiger partial charge in [-0.2, -0.15) is 4.98 Å². The highest BCUT2D eigenvalue weighted by Crippen LogP contribution is 2.30. The van der Waals surface area contributed by atoms with E-state index < -0.39 is 0 Å². The minimum Gasteiger partial charge on any atom is -0.497 e. The number of nitrogens with zero attached hydrogens (tertiary/aromatic N) is 3. The highest BCUT2D eigenvalue weighted by atomic mass is 16.5. The van der Waals surface area contributed by atoms with Crippen LogP contribution in [-0.4, -0.2) is 22.2 Å². The van der Waals surface area contributed by atoms with Gasteiger partial charge in [-0.3, -0.25) is 4.98 Å². The van der Waals surface area contributed by atoms with Gasteiger partial charge in [0.05, 0.1) is 12.7 Å². The molecule has 1 aromatic carbocycles. The zero-order valence-corrected chi connectivity index (χ0v) is 11.7. The fourth-order valence-corrected chi connectivity index (χ4v) is 2.03. The van der Waals surface area contributed by atoms with Crippen LogP contribution in [0.1, 0.15) is 5.56 Å². The highest BCUT2D eigenvalue weighted by Gasteiger charge is 2.14. The lowest BCUT2D eigenvalue weighted by molar-refractivity contribution is 0.414. The molecule has 0 aliphatic carbocycles. The predicted molar refractivity (Wildman–Crippen MR) is 78.7 cm³/mol. The second-order valence-corrected chi connectivity index (χ2v) is 4.57. The Morgan fingerprint density at radius 3 is 2.76 bits per heavy atom. The third-order valence-electron chi connectivity index (χ3n) is 3.18. The van der Waals surface area contributed by atoms with E-state index in [1.807, 2.05) is 13.0 Å². The Labute approximate surface area is 121 Å². The lowest BCUT2D eigenvalue weighted by Gasteiger charge is -2.03. The summed E-state index contributed by atoms with van der Waals surface area (Å²) in [6, 6.07) is 7.16. The summed E-state index contributed by atoms with van der Waals surface area (Å²) >= 11 is 0. The Bertz CT molecular complexity index is 783. The zero-order chi connectivity index (χ0) is 14.8. The smallest absolute Gasteiger partial charge is 0.260 e.